The first-order valence-electron chi connectivity index (χ1n) is 8.81. The molecule has 0 atom stereocenters. The van der Waals surface area contributed by atoms with Crippen LogP contribution in [0.4, 0.5) is 0 Å². The Balaban J connectivity index is 1.51. The number of pyridine rings is 1. The molecule has 1 aliphatic carbocycles. The monoisotopic (exact) mass is 368 g/mol. The highest BCUT2D eigenvalue weighted by Crippen LogP contribution is 2.30. The minimum atomic E-state index is -0.122. The first-order valence-corrected chi connectivity index (χ1v) is 9.58. The number of hydrogen-bond donors (Lipinski definition) is 1. The van der Waals surface area contributed by atoms with Gasteiger partial charge in [0.25, 0.3) is 5.91 Å². The molecule has 0 saturated carbocycles. The van der Waals surface area contributed by atoms with Crippen molar-refractivity contribution in [1.29, 1.82) is 0 Å². The van der Waals surface area contributed by atoms with E-state index in [1.165, 1.54) is 24.1 Å². The standard InChI is InChI=1S/C18H20N6OS/c1-12-17(26-23-21-12)18(25)20-10-11-24-15-8-3-2-6-13(15)16(22-24)14-7-4-5-9-19-14/h4-5,7,9H,2-3,6,8,10-11H2,1H3,(H,20,25). The van der Waals surface area contributed by atoms with Crippen LogP contribution in [0.25, 0.3) is 11.4 Å². The van der Waals surface area contributed by atoms with E-state index in [1.54, 1.807) is 13.1 Å². The largest absolute Gasteiger partial charge is 0.349 e. The average molecular weight is 368 g/mol. The summed E-state index contributed by atoms with van der Waals surface area (Å²) in [6.07, 6.45) is 6.24. The topological polar surface area (TPSA) is 85.6 Å². The quantitative estimate of drug-likeness (QED) is 0.747. The van der Waals surface area contributed by atoms with Gasteiger partial charge in [-0.25, -0.2) is 0 Å². The number of hydrogen-bond acceptors (Lipinski definition) is 6. The molecule has 3 aromatic heterocycles. The van der Waals surface area contributed by atoms with E-state index in [0.29, 0.717) is 23.7 Å². The number of aryl methyl sites for hydroxylation is 1. The fraction of sp³-hybridized carbons (Fsp3) is 0.389. The number of rotatable bonds is 5. The summed E-state index contributed by atoms with van der Waals surface area (Å²) in [6, 6.07) is 5.91. The van der Waals surface area contributed by atoms with Crippen molar-refractivity contribution in [2.45, 2.75) is 39.2 Å². The van der Waals surface area contributed by atoms with Gasteiger partial charge < -0.3 is 5.32 Å². The lowest BCUT2D eigenvalue weighted by molar-refractivity contribution is 0.0955. The Bertz CT molecular complexity index is 917. The second-order valence-corrected chi connectivity index (χ2v) is 7.12. The highest BCUT2D eigenvalue weighted by molar-refractivity contribution is 7.07. The van der Waals surface area contributed by atoms with Crippen molar-refractivity contribution in [2.75, 3.05) is 6.54 Å². The molecule has 3 heterocycles. The lowest BCUT2D eigenvalue weighted by atomic mass is 9.95. The highest BCUT2D eigenvalue weighted by atomic mass is 32.1. The number of amides is 1. The molecular formula is C18H20N6OS. The maximum Gasteiger partial charge on any atom is 0.265 e. The predicted octanol–water partition coefficient (Wildman–Crippen LogP) is 2.41. The normalized spacial score (nSPS) is 13.4. The zero-order chi connectivity index (χ0) is 17.9. The lowest BCUT2D eigenvalue weighted by Gasteiger charge is -2.14. The zero-order valence-corrected chi connectivity index (χ0v) is 15.4. The molecular weight excluding hydrogens is 348 g/mol. The van der Waals surface area contributed by atoms with E-state index in [0.717, 1.165) is 35.8 Å². The molecule has 0 radical (unpaired) electrons. The molecule has 1 aliphatic rings. The summed E-state index contributed by atoms with van der Waals surface area (Å²) < 4.78 is 5.85. The fourth-order valence-corrected chi connectivity index (χ4v) is 3.93. The van der Waals surface area contributed by atoms with E-state index in [9.17, 15) is 4.79 Å². The molecule has 0 saturated heterocycles. The van der Waals surface area contributed by atoms with Gasteiger partial charge in [0, 0.05) is 24.0 Å². The summed E-state index contributed by atoms with van der Waals surface area (Å²) in [5.74, 6) is -0.122. The molecule has 4 rings (SSSR count). The van der Waals surface area contributed by atoms with Crippen LogP contribution in [0.1, 0.15) is 39.5 Å². The van der Waals surface area contributed by atoms with Crippen LogP contribution in [-0.4, -0.2) is 36.8 Å². The van der Waals surface area contributed by atoms with Crippen LogP contribution >= 0.6 is 11.5 Å². The van der Waals surface area contributed by atoms with Gasteiger partial charge in [0.05, 0.1) is 17.9 Å². The molecule has 0 aromatic carbocycles. The summed E-state index contributed by atoms with van der Waals surface area (Å²) in [6.45, 7) is 2.96. The highest BCUT2D eigenvalue weighted by Gasteiger charge is 2.22. The molecule has 134 valence electrons. The SMILES string of the molecule is Cc1nnsc1C(=O)NCCn1nc(-c2ccccn2)c2c1CCCC2. The lowest BCUT2D eigenvalue weighted by Crippen LogP contribution is -2.28. The van der Waals surface area contributed by atoms with Gasteiger partial charge in [-0.1, -0.05) is 10.6 Å². The first-order chi connectivity index (χ1) is 12.7. The summed E-state index contributed by atoms with van der Waals surface area (Å²) in [5, 5.41) is 11.6. The van der Waals surface area contributed by atoms with Crippen molar-refractivity contribution in [3.63, 3.8) is 0 Å². The number of fused-ring (bicyclic) bond motifs is 1. The van der Waals surface area contributed by atoms with Crippen molar-refractivity contribution >= 4 is 17.4 Å². The van der Waals surface area contributed by atoms with E-state index in [-0.39, 0.29) is 5.91 Å². The molecule has 26 heavy (non-hydrogen) atoms. The van der Waals surface area contributed by atoms with Gasteiger partial charge in [-0.15, -0.1) is 5.10 Å². The van der Waals surface area contributed by atoms with Crippen LogP contribution in [-0.2, 0) is 19.4 Å². The predicted molar refractivity (Wildman–Crippen MR) is 99.1 cm³/mol. The molecule has 0 aliphatic heterocycles. The summed E-state index contributed by atoms with van der Waals surface area (Å²) in [5.41, 5.74) is 5.15. The maximum absolute atomic E-state index is 12.2. The fourth-order valence-electron chi connectivity index (χ4n) is 3.36. The maximum atomic E-state index is 12.2. The number of carbonyl (C=O) groups excluding carboxylic acids is 1. The summed E-state index contributed by atoms with van der Waals surface area (Å²) in [7, 11) is 0. The Morgan fingerprint density at radius 2 is 2.19 bits per heavy atom. The molecule has 1 amide bonds. The zero-order valence-electron chi connectivity index (χ0n) is 14.6. The van der Waals surface area contributed by atoms with Crippen LogP contribution in [0.5, 0.6) is 0 Å². The van der Waals surface area contributed by atoms with Crippen molar-refractivity contribution in [2.24, 2.45) is 0 Å². The molecule has 3 aromatic rings. The van der Waals surface area contributed by atoms with E-state index < -0.39 is 0 Å². The Labute approximate surface area is 155 Å². The molecule has 0 spiro atoms. The molecule has 8 heteroatoms. The second-order valence-electron chi connectivity index (χ2n) is 6.36. The van der Waals surface area contributed by atoms with Gasteiger partial charge in [0.15, 0.2) is 0 Å². The Morgan fingerprint density at radius 1 is 1.31 bits per heavy atom. The van der Waals surface area contributed by atoms with Gasteiger partial charge in [-0.3, -0.25) is 14.5 Å². The Morgan fingerprint density at radius 3 is 2.96 bits per heavy atom. The number of nitrogens with one attached hydrogen (secondary N) is 1. The van der Waals surface area contributed by atoms with E-state index >= 15 is 0 Å². The van der Waals surface area contributed by atoms with E-state index in [4.69, 9.17) is 5.10 Å². The third kappa shape index (κ3) is 3.24. The number of carbonyl (C=O) groups is 1. The van der Waals surface area contributed by atoms with E-state index in [1.807, 2.05) is 22.9 Å². The van der Waals surface area contributed by atoms with Crippen molar-refractivity contribution in [3.05, 3.63) is 46.2 Å². The number of nitrogens with zero attached hydrogens (tertiary/aromatic N) is 5. The first kappa shape index (κ1) is 16.8. The molecule has 7 nitrogen and oxygen atoms in total. The molecule has 0 bridgehead atoms. The van der Waals surface area contributed by atoms with Gasteiger partial charge in [-0.2, -0.15) is 5.10 Å². The third-order valence-corrected chi connectivity index (χ3v) is 5.46. The van der Waals surface area contributed by atoms with Crippen LogP contribution in [0.15, 0.2) is 24.4 Å². The van der Waals surface area contributed by atoms with Gasteiger partial charge in [0.1, 0.15) is 10.6 Å². The Hall–Kier alpha value is -2.61. The molecule has 0 fully saturated rings. The summed E-state index contributed by atoms with van der Waals surface area (Å²) >= 11 is 1.12. The van der Waals surface area contributed by atoms with Crippen molar-refractivity contribution in [3.8, 4) is 11.4 Å². The van der Waals surface area contributed by atoms with Crippen LogP contribution in [0, 0.1) is 6.92 Å². The van der Waals surface area contributed by atoms with Gasteiger partial charge >= 0.3 is 0 Å². The van der Waals surface area contributed by atoms with Crippen molar-refractivity contribution < 1.29 is 4.79 Å². The van der Waals surface area contributed by atoms with Crippen LogP contribution in [0.3, 0.4) is 0 Å². The van der Waals surface area contributed by atoms with Gasteiger partial charge in [0.2, 0.25) is 0 Å². The Kier molecular flexibility index (Phi) is 4.75. The third-order valence-electron chi connectivity index (χ3n) is 4.63. The smallest absolute Gasteiger partial charge is 0.265 e. The second kappa shape index (κ2) is 7.33. The van der Waals surface area contributed by atoms with Gasteiger partial charge in [-0.05, 0) is 56.3 Å². The van der Waals surface area contributed by atoms with Crippen LogP contribution in [0.2, 0.25) is 0 Å². The molecule has 0 unspecified atom stereocenters. The van der Waals surface area contributed by atoms with Crippen molar-refractivity contribution in [1.82, 2.24) is 29.7 Å². The number of aromatic nitrogens is 5. The minimum absolute atomic E-state index is 0.122. The van der Waals surface area contributed by atoms with E-state index in [2.05, 4.69) is 19.9 Å². The van der Waals surface area contributed by atoms with Crippen LogP contribution < -0.4 is 5.32 Å². The summed E-state index contributed by atoms with van der Waals surface area (Å²) in [4.78, 5) is 17.2. The molecule has 1 N–H and O–H groups in total. The minimum Gasteiger partial charge on any atom is -0.349 e. The average Bonchev–Trinajstić information content (AvgIpc) is 3.26.